The van der Waals surface area contributed by atoms with Gasteiger partial charge < -0.3 is 19.9 Å². The van der Waals surface area contributed by atoms with Gasteiger partial charge in [0.05, 0.1) is 28.3 Å². The molecule has 0 bridgehead atoms. The minimum absolute atomic E-state index is 0.0803. The Labute approximate surface area is 162 Å². The lowest BCUT2D eigenvalue weighted by Gasteiger charge is -2.16. The van der Waals surface area contributed by atoms with Gasteiger partial charge in [0.15, 0.2) is 11.5 Å². The Hall–Kier alpha value is -1.17. The molecule has 2 aromatic rings. The van der Waals surface area contributed by atoms with E-state index >= 15 is 0 Å². The molecule has 2 aromatic carbocycles. The van der Waals surface area contributed by atoms with Crippen molar-refractivity contribution >= 4 is 34.8 Å². The molecular weight excluding hydrogens is 385 g/mol. The van der Waals surface area contributed by atoms with Crippen molar-refractivity contribution in [1.29, 1.82) is 0 Å². The predicted molar refractivity (Wildman–Crippen MR) is 102 cm³/mol. The van der Waals surface area contributed by atoms with Gasteiger partial charge in [0.1, 0.15) is 6.61 Å². The zero-order chi connectivity index (χ0) is 18.2. The summed E-state index contributed by atoms with van der Waals surface area (Å²) in [6, 6.07) is 9.02. The maximum absolute atomic E-state index is 8.85. The third kappa shape index (κ3) is 5.94. The third-order valence-electron chi connectivity index (χ3n) is 3.35. The maximum atomic E-state index is 8.85. The first-order chi connectivity index (χ1) is 12.0. The summed E-state index contributed by atoms with van der Waals surface area (Å²) in [5.41, 5.74) is 1.82. The van der Waals surface area contributed by atoms with Crippen molar-refractivity contribution in [2.45, 2.75) is 20.1 Å². The third-order valence-corrected chi connectivity index (χ3v) is 4.37. The zero-order valence-electron chi connectivity index (χ0n) is 13.8. The number of hydrogen-bond acceptors (Lipinski definition) is 4. The van der Waals surface area contributed by atoms with Crippen LogP contribution in [0.5, 0.6) is 11.5 Å². The lowest BCUT2D eigenvalue weighted by Crippen LogP contribution is -2.17. The highest BCUT2D eigenvalue weighted by molar-refractivity contribution is 6.42. The van der Waals surface area contributed by atoms with Gasteiger partial charge in [-0.2, -0.15) is 0 Å². The summed E-state index contributed by atoms with van der Waals surface area (Å²) in [4.78, 5) is 0. The van der Waals surface area contributed by atoms with Crippen molar-refractivity contribution in [1.82, 2.24) is 5.32 Å². The Morgan fingerprint density at radius 2 is 1.72 bits per heavy atom. The molecule has 0 unspecified atom stereocenters. The van der Waals surface area contributed by atoms with E-state index in [0.29, 0.717) is 52.9 Å². The second-order valence-electron chi connectivity index (χ2n) is 5.28. The van der Waals surface area contributed by atoms with E-state index < -0.39 is 0 Å². The van der Waals surface area contributed by atoms with Gasteiger partial charge in [0.25, 0.3) is 0 Å². The molecule has 136 valence electrons. The highest BCUT2D eigenvalue weighted by Gasteiger charge is 2.13. The van der Waals surface area contributed by atoms with Crippen LogP contribution in [0.2, 0.25) is 15.1 Å². The molecule has 0 fully saturated rings. The minimum Gasteiger partial charge on any atom is -0.490 e. The fourth-order valence-electron chi connectivity index (χ4n) is 2.22. The Kier molecular flexibility index (Phi) is 8.13. The lowest BCUT2D eigenvalue weighted by molar-refractivity contribution is 0.269. The van der Waals surface area contributed by atoms with E-state index in [1.54, 1.807) is 12.1 Å². The van der Waals surface area contributed by atoms with Gasteiger partial charge in [-0.1, -0.05) is 40.9 Å². The van der Waals surface area contributed by atoms with Gasteiger partial charge in [-0.05, 0) is 42.3 Å². The number of ether oxygens (including phenoxy) is 2. The Morgan fingerprint density at radius 3 is 2.40 bits per heavy atom. The molecule has 0 spiro atoms. The van der Waals surface area contributed by atoms with Crippen molar-refractivity contribution in [2.75, 3.05) is 19.8 Å². The van der Waals surface area contributed by atoms with Crippen LogP contribution in [0.25, 0.3) is 0 Å². The van der Waals surface area contributed by atoms with Crippen LogP contribution in [0.1, 0.15) is 18.1 Å². The van der Waals surface area contributed by atoms with Gasteiger partial charge >= 0.3 is 0 Å². The summed E-state index contributed by atoms with van der Waals surface area (Å²) in [5, 5.41) is 13.4. The van der Waals surface area contributed by atoms with Crippen LogP contribution in [-0.2, 0) is 13.2 Å². The Bertz CT molecular complexity index is 710. The first-order valence-electron chi connectivity index (χ1n) is 7.88. The molecular formula is C18H20Cl3NO3. The number of aliphatic hydroxyl groups excluding tert-OH is 1. The number of halogens is 3. The SMILES string of the molecule is CCOc1cc(CNCCO)cc(Cl)c1OCc1ccc(Cl)c(Cl)c1. The molecule has 0 radical (unpaired) electrons. The second-order valence-corrected chi connectivity index (χ2v) is 6.50. The Morgan fingerprint density at radius 1 is 0.960 bits per heavy atom. The van der Waals surface area contributed by atoms with Crippen molar-refractivity contribution in [3.63, 3.8) is 0 Å². The highest BCUT2D eigenvalue weighted by atomic mass is 35.5. The molecule has 0 amide bonds. The monoisotopic (exact) mass is 403 g/mol. The summed E-state index contributed by atoms with van der Waals surface area (Å²) in [7, 11) is 0. The average Bonchev–Trinajstić information content (AvgIpc) is 2.58. The summed E-state index contributed by atoms with van der Waals surface area (Å²) < 4.78 is 11.5. The van der Waals surface area contributed by atoms with E-state index in [4.69, 9.17) is 49.4 Å². The smallest absolute Gasteiger partial charge is 0.180 e. The summed E-state index contributed by atoms with van der Waals surface area (Å²) in [6.07, 6.45) is 0. The van der Waals surface area contributed by atoms with E-state index in [0.717, 1.165) is 11.1 Å². The highest BCUT2D eigenvalue weighted by Crippen LogP contribution is 2.37. The molecule has 0 heterocycles. The van der Waals surface area contributed by atoms with E-state index in [-0.39, 0.29) is 6.61 Å². The number of nitrogens with one attached hydrogen (secondary N) is 1. The Balaban J connectivity index is 2.15. The van der Waals surface area contributed by atoms with Gasteiger partial charge in [-0.15, -0.1) is 0 Å². The molecule has 2 N–H and O–H groups in total. The molecule has 0 saturated heterocycles. The maximum Gasteiger partial charge on any atom is 0.180 e. The molecule has 7 heteroatoms. The van der Waals surface area contributed by atoms with E-state index in [9.17, 15) is 0 Å². The summed E-state index contributed by atoms with van der Waals surface area (Å²) in [5.74, 6) is 1.07. The topological polar surface area (TPSA) is 50.7 Å². The fraction of sp³-hybridized carbons (Fsp3) is 0.333. The number of rotatable bonds is 9. The first kappa shape index (κ1) is 20.1. The average molecular weight is 405 g/mol. The summed E-state index contributed by atoms with van der Waals surface area (Å²) in [6.45, 7) is 3.85. The fourth-order valence-corrected chi connectivity index (χ4v) is 2.83. The van der Waals surface area contributed by atoms with Gasteiger partial charge in [-0.25, -0.2) is 0 Å². The molecule has 0 aliphatic carbocycles. The van der Waals surface area contributed by atoms with E-state index in [2.05, 4.69) is 5.32 Å². The van der Waals surface area contributed by atoms with Crippen LogP contribution in [0, 0.1) is 0 Å². The molecule has 4 nitrogen and oxygen atoms in total. The molecule has 25 heavy (non-hydrogen) atoms. The minimum atomic E-state index is 0.0803. The van der Waals surface area contributed by atoms with Crippen LogP contribution in [0.3, 0.4) is 0 Å². The largest absolute Gasteiger partial charge is 0.490 e. The summed E-state index contributed by atoms with van der Waals surface area (Å²) >= 11 is 18.3. The van der Waals surface area contributed by atoms with E-state index in [1.165, 1.54) is 0 Å². The molecule has 0 aromatic heterocycles. The van der Waals surface area contributed by atoms with Crippen LogP contribution in [-0.4, -0.2) is 24.9 Å². The van der Waals surface area contributed by atoms with Crippen LogP contribution in [0.4, 0.5) is 0 Å². The van der Waals surface area contributed by atoms with Crippen LogP contribution in [0.15, 0.2) is 30.3 Å². The molecule has 0 atom stereocenters. The van der Waals surface area contributed by atoms with Crippen molar-refractivity contribution < 1.29 is 14.6 Å². The lowest BCUT2D eigenvalue weighted by atomic mass is 10.2. The predicted octanol–water partition coefficient (Wildman–Crippen LogP) is 4.71. The van der Waals surface area contributed by atoms with Crippen LogP contribution < -0.4 is 14.8 Å². The number of aliphatic hydroxyl groups is 1. The standard InChI is InChI=1S/C18H20Cl3NO3/c1-2-24-17-9-13(10-22-5-6-23)8-16(21)18(17)25-11-12-3-4-14(19)15(20)7-12/h3-4,7-9,22-23H,2,5-6,10-11H2,1H3. The van der Waals surface area contributed by atoms with Gasteiger partial charge in [-0.3, -0.25) is 0 Å². The van der Waals surface area contributed by atoms with Crippen LogP contribution >= 0.6 is 34.8 Å². The second kappa shape index (κ2) is 10.1. The van der Waals surface area contributed by atoms with Crippen molar-refractivity contribution in [3.8, 4) is 11.5 Å². The van der Waals surface area contributed by atoms with E-state index in [1.807, 2.05) is 25.1 Å². The van der Waals surface area contributed by atoms with Crippen molar-refractivity contribution in [3.05, 3.63) is 56.5 Å². The van der Waals surface area contributed by atoms with Gasteiger partial charge in [0, 0.05) is 13.1 Å². The molecule has 0 saturated carbocycles. The quantitative estimate of drug-likeness (QED) is 0.594. The zero-order valence-corrected chi connectivity index (χ0v) is 16.1. The number of hydrogen-bond donors (Lipinski definition) is 2. The molecule has 0 aliphatic heterocycles. The molecule has 2 rings (SSSR count). The first-order valence-corrected chi connectivity index (χ1v) is 9.02. The number of benzene rings is 2. The normalized spacial score (nSPS) is 10.8. The van der Waals surface area contributed by atoms with Gasteiger partial charge in [0.2, 0.25) is 0 Å². The molecule has 0 aliphatic rings. The van der Waals surface area contributed by atoms with Crippen molar-refractivity contribution in [2.24, 2.45) is 0 Å².